The molecule has 1 aliphatic rings. The molecule has 0 amide bonds. The summed E-state index contributed by atoms with van der Waals surface area (Å²) in [5.74, 6) is -0.350. The molecule has 0 aromatic carbocycles. The molecule has 4 heteroatoms. The largest absolute Gasteiger partial charge is 0.305 e. The van der Waals surface area contributed by atoms with Crippen molar-refractivity contribution < 1.29 is 9.59 Å². The number of carbonyl (C=O) groups excluding carboxylic acids is 2. The maximum atomic E-state index is 10.9. The van der Waals surface area contributed by atoms with E-state index in [0.29, 0.717) is 12.8 Å². The molecule has 1 aliphatic heterocycles. The van der Waals surface area contributed by atoms with Crippen LogP contribution in [0.25, 0.3) is 0 Å². The lowest BCUT2D eigenvalue weighted by atomic mass is 10.1. The van der Waals surface area contributed by atoms with Crippen LogP contribution >= 0.6 is 0 Å². The van der Waals surface area contributed by atoms with Crippen molar-refractivity contribution in [2.75, 3.05) is 26.7 Å². The lowest BCUT2D eigenvalue weighted by Gasteiger charge is -2.28. The topological polar surface area (TPSA) is 49.4 Å². The molecule has 62 valence electrons. The van der Waals surface area contributed by atoms with Crippen molar-refractivity contribution in [2.45, 2.75) is 6.04 Å². The van der Waals surface area contributed by atoms with E-state index < -0.39 is 0 Å². The molecule has 0 bridgehead atoms. The number of nitrogens with one attached hydrogen (secondary N) is 1. The number of likely N-dealkylation sites (N-methyl/N-ethyl adjacent to an activating group) is 1. The molecule has 1 unspecified atom stereocenters. The Kier molecular flexibility index (Phi) is 2.73. The number of nitrogens with zero attached hydrogens (tertiary/aromatic N) is 1. The molecule has 4 nitrogen and oxygen atoms in total. The van der Waals surface area contributed by atoms with E-state index in [1.54, 1.807) is 0 Å². The van der Waals surface area contributed by atoms with E-state index in [0.717, 1.165) is 13.1 Å². The summed E-state index contributed by atoms with van der Waals surface area (Å²) in [5, 5.41) is 2.98. The van der Waals surface area contributed by atoms with E-state index in [1.165, 1.54) is 0 Å². The van der Waals surface area contributed by atoms with Crippen LogP contribution in [0.2, 0.25) is 0 Å². The lowest BCUT2D eigenvalue weighted by molar-refractivity contribution is -0.131. The Balaban J connectivity index is 2.45. The predicted octanol–water partition coefficient (Wildman–Crippen LogP) is -1.34. The normalized spacial score (nSPS) is 26.5. The third-order valence-corrected chi connectivity index (χ3v) is 1.84. The van der Waals surface area contributed by atoms with Gasteiger partial charge in [-0.2, -0.15) is 0 Å². The predicted molar refractivity (Wildman–Crippen MR) is 40.4 cm³/mol. The van der Waals surface area contributed by atoms with Gasteiger partial charge in [-0.1, -0.05) is 0 Å². The lowest BCUT2D eigenvalue weighted by Crippen LogP contribution is -2.53. The maximum absolute atomic E-state index is 10.9. The van der Waals surface area contributed by atoms with Gasteiger partial charge < -0.3 is 10.2 Å². The second-order valence-corrected chi connectivity index (χ2v) is 2.79. The summed E-state index contributed by atoms with van der Waals surface area (Å²) in [4.78, 5) is 23.0. The first-order chi connectivity index (χ1) is 5.24. The van der Waals surface area contributed by atoms with E-state index in [9.17, 15) is 9.59 Å². The average molecular weight is 156 g/mol. The fraction of sp³-hybridized carbons (Fsp3) is 0.714. The zero-order valence-electron chi connectivity index (χ0n) is 6.54. The van der Waals surface area contributed by atoms with Crippen molar-refractivity contribution in [1.29, 1.82) is 0 Å². The van der Waals surface area contributed by atoms with Crippen LogP contribution in [-0.2, 0) is 9.59 Å². The maximum Gasteiger partial charge on any atom is 0.213 e. The molecule has 1 saturated heterocycles. The van der Waals surface area contributed by atoms with E-state index >= 15 is 0 Å². The standard InChI is InChI=1S/C7H12N2O2/c1-9-3-2-8-6(4-9)7(11)5-10/h5-6,8H,2-4H2,1H3. The van der Waals surface area contributed by atoms with Gasteiger partial charge in [-0.15, -0.1) is 0 Å². The van der Waals surface area contributed by atoms with Gasteiger partial charge in [0.1, 0.15) is 0 Å². The average Bonchev–Trinajstić information content (AvgIpc) is 2.03. The van der Waals surface area contributed by atoms with Gasteiger partial charge in [0.2, 0.25) is 5.78 Å². The quantitative estimate of drug-likeness (QED) is 0.397. The van der Waals surface area contributed by atoms with Crippen molar-refractivity contribution in [3.63, 3.8) is 0 Å². The summed E-state index contributed by atoms with van der Waals surface area (Å²) in [6, 6.07) is -0.286. The van der Waals surface area contributed by atoms with Gasteiger partial charge in [0.15, 0.2) is 6.29 Å². The summed E-state index contributed by atoms with van der Waals surface area (Å²) < 4.78 is 0. The highest BCUT2D eigenvalue weighted by Gasteiger charge is 2.22. The molecule has 0 saturated carbocycles. The Bertz CT molecular complexity index is 170. The summed E-state index contributed by atoms with van der Waals surface area (Å²) in [6.07, 6.45) is 0.386. The van der Waals surface area contributed by atoms with Crippen molar-refractivity contribution in [1.82, 2.24) is 10.2 Å². The number of hydrogen-bond acceptors (Lipinski definition) is 4. The monoisotopic (exact) mass is 156 g/mol. The molecule has 0 aromatic heterocycles. The third kappa shape index (κ3) is 2.10. The minimum absolute atomic E-state index is 0.286. The van der Waals surface area contributed by atoms with Gasteiger partial charge in [0.25, 0.3) is 0 Å². The van der Waals surface area contributed by atoms with Crippen LogP contribution in [0.3, 0.4) is 0 Å². The van der Waals surface area contributed by atoms with Crippen LogP contribution in [0.1, 0.15) is 0 Å². The van der Waals surface area contributed by atoms with E-state index in [-0.39, 0.29) is 11.8 Å². The Labute approximate surface area is 65.6 Å². The Morgan fingerprint density at radius 1 is 1.73 bits per heavy atom. The second kappa shape index (κ2) is 3.59. The molecule has 1 heterocycles. The Morgan fingerprint density at radius 2 is 2.45 bits per heavy atom. The number of hydrogen-bond donors (Lipinski definition) is 1. The van der Waals surface area contributed by atoms with Gasteiger partial charge in [-0.25, -0.2) is 0 Å². The number of carbonyl (C=O) groups is 2. The Morgan fingerprint density at radius 3 is 3.00 bits per heavy atom. The molecule has 0 radical (unpaired) electrons. The molecule has 1 fully saturated rings. The van der Waals surface area contributed by atoms with Crippen LogP contribution in [0.5, 0.6) is 0 Å². The third-order valence-electron chi connectivity index (χ3n) is 1.84. The van der Waals surface area contributed by atoms with Crippen molar-refractivity contribution in [3.05, 3.63) is 0 Å². The van der Waals surface area contributed by atoms with Crippen LogP contribution in [0.15, 0.2) is 0 Å². The zero-order chi connectivity index (χ0) is 8.27. The molecule has 1 atom stereocenters. The van der Waals surface area contributed by atoms with Gasteiger partial charge in [-0.3, -0.25) is 9.59 Å². The smallest absolute Gasteiger partial charge is 0.213 e. The number of Topliss-reactive ketones (excluding diaryl/α,β-unsaturated/α-hetero) is 1. The first-order valence-corrected chi connectivity index (χ1v) is 3.65. The number of rotatable bonds is 2. The van der Waals surface area contributed by atoms with Crippen molar-refractivity contribution in [3.8, 4) is 0 Å². The van der Waals surface area contributed by atoms with E-state index in [4.69, 9.17) is 0 Å². The molecular formula is C7H12N2O2. The summed E-state index contributed by atoms with van der Waals surface area (Å²) in [6.45, 7) is 2.35. The molecule has 1 N–H and O–H groups in total. The zero-order valence-corrected chi connectivity index (χ0v) is 6.54. The molecule has 0 aromatic rings. The summed E-state index contributed by atoms with van der Waals surface area (Å²) in [5.41, 5.74) is 0. The Hall–Kier alpha value is -0.740. The van der Waals surface area contributed by atoms with Gasteiger partial charge in [0.05, 0.1) is 6.04 Å². The van der Waals surface area contributed by atoms with Crippen LogP contribution < -0.4 is 5.32 Å². The van der Waals surface area contributed by atoms with E-state index in [1.807, 2.05) is 11.9 Å². The summed E-state index contributed by atoms with van der Waals surface area (Å²) >= 11 is 0. The van der Waals surface area contributed by atoms with Gasteiger partial charge in [0, 0.05) is 19.6 Å². The number of piperazine rings is 1. The first-order valence-electron chi connectivity index (χ1n) is 3.65. The minimum Gasteiger partial charge on any atom is -0.305 e. The molecular weight excluding hydrogens is 144 g/mol. The molecule has 1 rings (SSSR count). The first kappa shape index (κ1) is 8.36. The fourth-order valence-electron chi connectivity index (χ4n) is 1.17. The van der Waals surface area contributed by atoms with Crippen molar-refractivity contribution >= 4 is 12.1 Å². The highest BCUT2D eigenvalue weighted by atomic mass is 16.2. The van der Waals surface area contributed by atoms with E-state index in [2.05, 4.69) is 5.32 Å². The van der Waals surface area contributed by atoms with Crippen LogP contribution in [-0.4, -0.2) is 49.7 Å². The number of aldehydes is 1. The number of ketones is 1. The molecule has 0 aliphatic carbocycles. The highest BCUT2D eigenvalue weighted by Crippen LogP contribution is 1.95. The minimum atomic E-state index is -0.350. The molecule has 0 spiro atoms. The second-order valence-electron chi connectivity index (χ2n) is 2.79. The summed E-state index contributed by atoms with van der Waals surface area (Å²) in [7, 11) is 1.94. The fourth-order valence-corrected chi connectivity index (χ4v) is 1.17. The van der Waals surface area contributed by atoms with Gasteiger partial charge >= 0.3 is 0 Å². The highest BCUT2D eigenvalue weighted by molar-refractivity contribution is 6.27. The van der Waals surface area contributed by atoms with Crippen LogP contribution in [0, 0.1) is 0 Å². The van der Waals surface area contributed by atoms with Crippen molar-refractivity contribution in [2.24, 2.45) is 0 Å². The molecule has 11 heavy (non-hydrogen) atoms. The van der Waals surface area contributed by atoms with Crippen LogP contribution in [0.4, 0.5) is 0 Å². The van der Waals surface area contributed by atoms with Gasteiger partial charge in [-0.05, 0) is 7.05 Å². The SMILES string of the molecule is CN1CCNC(C(=O)C=O)C1.